The van der Waals surface area contributed by atoms with E-state index in [9.17, 15) is 4.79 Å². The first kappa shape index (κ1) is 10.9. The molecule has 0 atom stereocenters. The van der Waals surface area contributed by atoms with Crippen molar-refractivity contribution in [3.8, 4) is 5.69 Å². The average Bonchev–Trinajstić information content (AvgIpc) is 2.72. The molecule has 0 aliphatic carbocycles. The third kappa shape index (κ3) is 2.01. The predicted octanol–water partition coefficient (Wildman–Crippen LogP) is 2.43. The van der Waals surface area contributed by atoms with Crippen molar-refractivity contribution in [2.45, 2.75) is 6.92 Å². The summed E-state index contributed by atoms with van der Waals surface area (Å²) >= 11 is 0. The van der Waals surface area contributed by atoms with Crippen LogP contribution in [0, 0.1) is 13.5 Å². The molecule has 1 aromatic heterocycles. The first-order valence-corrected chi connectivity index (χ1v) is 4.89. The normalized spacial score (nSPS) is 9.88. The van der Waals surface area contributed by atoms with Gasteiger partial charge < -0.3 is 5.11 Å². The van der Waals surface area contributed by atoms with Gasteiger partial charge in [-0.3, -0.25) is 0 Å². The summed E-state index contributed by atoms with van der Waals surface area (Å²) in [5.41, 5.74) is 1.73. The summed E-state index contributed by atoms with van der Waals surface area (Å²) < 4.78 is 1.33. The van der Waals surface area contributed by atoms with E-state index in [4.69, 9.17) is 11.7 Å². The van der Waals surface area contributed by atoms with E-state index in [1.54, 1.807) is 31.2 Å². The second kappa shape index (κ2) is 4.10. The van der Waals surface area contributed by atoms with Crippen LogP contribution in [0.15, 0.2) is 30.3 Å². The molecule has 0 bridgehead atoms. The largest absolute Gasteiger partial charge is 0.477 e. The first-order chi connectivity index (χ1) is 8.11. The van der Waals surface area contributed by atoms with Gasteiger partial charge in [-0.15, -0.1) is 0 Å². The fraction of sp³-hybridized carbons (Fsp3) is 0.0833. The van der Waals surface area contributed by atoms with Gasteiger partial charge in [0.25, 0.3) is 0 Å². The summed E-state index contributed by atoms with van der Waals surface area (Å²) in [6, 6.07) is 8.17. The molecule has 2 aromatic rings. The standard InChI is InChI=1S/C12H9N3O2/c1-8-6-11(12(16)17)15(14-8)10-5-3-4-9(7-10)13-2/h3-7H,1H3,(H,16,17). The Kier molecular flexibility index (Phi) is 2.63. The molecule has 84 valence electrons. The number of nitrogens with zero attached hydrogens (tertiary/aromatic N) is 3. The predicted molar refractivity (Wildman–Crippen MR) is 61.5 cm³/mol. The molecule has 0 spiro atoms. The van der Waals surface area contributed by atoms with Crippen molar-refractivity contribution in [3.05, 3.63) is 53.1 Å². The maximum atomic E-state index is 11.0. The van der Waals surface area contributed by atoms with E-state index in [1.165, 1.54) is 10.7 Å². The molecule has 17 heavy (non-hydrogen) atoms. The van der Waals surface area contributed by atoms with Gasteiger partial charge in [-0.2, -0.15) is 5.10 Å². The summed E-state index contributed by atoms with van der Waals surface area (Å²) in [4.78, 5) is 14.3. The van der Waals surface area contributed by atoms with Crippen LogP contribution in [0.2, 0.25) is 0 Å². The quantitative estimate of drug-likeness (QED) is 0.801. The molecule has 1 heterocycles. The number of aromatic nitrogens is 2. The molecule has 0 radical (unpaired) electrons. The van der Waals surface area contributed by atoms with Gasteiger partial charge in [0.1, 0.15) is 0 Å². The van der Waals surface area contributed by atoms with Crippen LogP contribution in [0.3, 0.4) is 0 Å². The lowest BCUT2D eigenvalue weighted by atomic mass is 10.2. The van der Waals surface area contributed by atoms with Gasteiger partial charge in [0.05, 0.1) is 18.0 Å². The highest BCUT2D eigenvalue weighted by Gasteiger charge is 2.13. The minimum atomic E-state index is -1.04. The zero-order valence-corrected chi connectivity index (χ0v) is 9.08. The van der Waals surface area contributed by atoms with E-state index < -0.39 is 5.97 Å². The zero-order chi connectivity index (χ0) is 12.4. The third-order valence-electron chi connectivity index (χ3n) is 2.25. The van der Waals surface area contributed by atoms with E-state index in [0.29, 0.717) is 17.1 Å². The highest BCUT2D eigenvalue weighted by Crippen LogP contribution is 2.19. The summed E-state index contributed by atoms with van der Waals surface area (Å²) in [5.74, 6) is -1.04. The van der Waals surface area contributed by atoms with Crippen LogP contribution >= 0.6 is 0 Å². The van der Waals surface area contributed by atoms with Crippen LogP contribution in [0.4, 0.5) is 5.69 Å². The van der Waals surface area contributed by atoms with Crippen LogP contribution in [0.1, 0.15) is 16.2 Å². The maximum absolute atomic E-state index is 11.0. The number of aromatic carboxylic acids is 1. The molecule has 0 amide bonds. The topological polar surface area (TPSA) is 59.5 Å². The first-order valence-electron chi connectivity index (χ1n) is 4.89. The van der Waals surface area contributed by atoms with Crippen molar-refractivity contribution in [1.29, 1.82) is 0 Å². The van der Waals surface area contributed by atoms with Crippen LogP contribution in [-0.2, 0) is 0 Å². The lowest BCUT2D eigenvalue weighted by Crippen LogP contribution is -2.07. The molecule has 0 saturated carbocycles. The number of carbonyl (C=O) groups is 1. The smallest absolute Gasteiger partial charge is 0.354 e. The molecule has 0 aliphatic heterocycles. The molecule has 0 aliphatic rings. The van der Waals surface area contributed by atoms with Gasteiger partial charge in [-0.05, 0) is 25.1 Å². The molecular formula is C12H9N3O2. The number of aryl methyl sites for hydroxylation is 1. The molecule has 5 nitrogen and oxygen atoms in total. The molecule has 1 aromatic carbocycles. The van der Waals surface area contributed by atoms with Crippen molar-refractivity contribution in [3.63, 3.8) is 0 Å². The van der Waals surface area contributed by atoms with Gasteiger partial charge in [0.2, 0.25) is 0 Å². The van der Waals surface area contributed by atoms with Gasteiger partial charge in [0.15, 0.2) is 11.4 Å². The molecule has 0 unspecified atom stereocenters. The van der Waals surface area contributed by atoms with Gasteiger partial charge >= 0.3 is 5.97 Å². The fourth-order valence-electron chi connectivity index (χ4n) is 1.54. The summed E-state index contributed by atoms with van der Waals surface area (Å²) in [5, 5.41) is 13.2. The van der Waals surface area contributed by atoms with Crippen LogP contribution in [-0.4, -0.2) is 20.9 Å². The Balaban J connectivity index is 2.60. The number of benzene rings is 1. The van der Waals surface area contributed by atoms with Gasteiger partial charge in [-0.25, -0.2) is 14.3 Å². The SMILES string of the molecule is [C-]#[N+]c1cccc(-n2nc(C)cc2C(=O)O)c1. The van der Waals surface area contributed by atoms with E-state index in [1.807, 2.05) is 0 Å². The number of carboxylic acids is 1. The minimum absolute atomic E-state index is 0.0876. The van der Waals surface area contributed by atoms with Crippen molar-refractivity contribution in [2.75, 3.05) is 0 Å². The summed E-state index contributed by atoms with van der Waals surface area (Å²) in [7, 11) is 0. The fourth-order valence-corrected chi connectivity index (χ4v) is 1.54. The highest BCUT2D eigenvalue weighted by atomic mass is 16.4. The Morgan fingerprint density at radius 1 is 1.47 bits per heavy atom. The van der Waals surface area contributed by atoms with Gasteiger partial charge in [0, 0.05) is 0 Å². The molecular weight excluding hydrogens is 218 g/mol. The number of rotatable bonds is 2. The Bertz CT molecular complexity index is 623. The number of hydrogen-bond acceptors (Lipinski definition) is 2. The Labute approximate surface area is 97.7 Å². The Morgan fingerprint density at radius 2 is 2.24 bits per heavy atom. The van der Waals surface area contributed by atoms with Crippen molar-refractivity contribution in [2.24, 2.45) is 0 Å². The average molecular weight is 227 g/mol. The van der Waals surface area contributed by atoms with E-state index >= 15 is 0 Å². The molecule has 2 rings (SSSR count). The Hall–Kier alpha value is -2.61. The van der Waals surface area contributed by atoms with E-state index in [-0.39, 0.29) is 5.69 Å². The van der Waals surface area contributed by atoms with Crippen LogP contribution in [0.5, 0.6) is 0 Å². The molecule has 0 fully saturated rings. The van der Waals surface area contributed by atoms with Crippen molar-refractivity contribution < 1.29 is 9.90 Å². The Morgan fingerprint density at radius 3 is 2.88 bits per heavy atom. The second-order valence-electron chi connectivity index (χ2n) is 3.52. The lowest BCUT2D eigenvalue weighted by Gasteiger charge is -2.04. The summed E-state index contributed by atoms with van der Waals surface area (Å²) in [6.07, 6.45) is 0. The second-order valence-corrected chi connectivity index (χ2v) is 3.52. The summed E-state index contributed by atoms with van der Waals surface area (Å²) in [6.45, 7) is 8.65. The molecule has 0 saturated heterocycles. The zero-order valence-electron chi connectivity index (χ0n) is 9.08. The monoisotopic (exact) mass is 227 g/mol. The van der Waals surface area contributed by atoms with Crippen LogP contribution < -0.4 is 0 Å². The number of carboxylic acid groups (broad SMARTS) is 1. The van der Waals surface area contributed by atoms with E-state index in [0.717, 1.165) is 0 Å². The molecule has 5 heteroatoms. The minimum Gasteiger partial charge on any atom is -0.477 e. The molecule has 1 N–H and O–H groups in total. The van der Waals surface area contributed by atoms with E-state index in [2.05, 4.69) is 9.94 Å². The lowest BCUT2D eigenvalue weighted by molar-refractivity contribution is 0.0687. The highest BCUT2D eigenvalue weighted by molar-refractivity contribution is 5.86. The van der Waals surface area contributed by atoms with Gasteiger partial charge in [-0.1, -0.05) is 12.1 Å². The van der Waals surface area contributed by atoms with Crippen molar-refractivity contribution >= 4 is 11.7 Å². The third-order valence-corrected chi connectivity index (χ3v) is 2.25. The van der Waals surface area contributed by atoms with Crippen molar-refractivity contribution in [1.82, 2.24) is 9.78 Å². The van der Waals surface area contributed by atoms with Crippen LogP contribution in [0.25, 0.3) is 10.5 Å². The maximum Gasteiger partial charge on any atom is 0.354 e. The number of hydrogen-bond donors (Lipinski definition) is 1.